The highest BCUT2D eigenvalue weighted by Gasteiger charge is 2.46. The Hall–Kier alpha value is -1.77. The van der Waals surface area contributed by atoms with Crippen molar-refractivity contribution >= 4 is 21.4 Å². The molecule has 1 aliphatic heterocycles. The van der Waals surface area contributed by atoms with E-state index in [1.165, 1.54) is 12.1 Å². The molecule has 0 saturated carbocycles. The number of halogens is 3. The number of carbonyl (C=O) groups excluding carboxylic acids is 1. The van der Waals surface area contributed by atoms with Gasteiger partial charge in [-0.2, -0.15) is 13.2 Å². The lowest BCUT2D eigenvalue weighted by Gasteiger charge is -2.34. The molecule has 0 aromatic heterocycles. The molecule has 1 amide bonds. The first-order valence-corrected chi connectivity index (χ1v) is 9.47. The number of benzene rings is 1. The Morgan fingerprint density at radius 3 is 2.12 bits per heavy atom. The lowest BCUT2D eigenvalue weighted by Crippen LogP contribution is -2.45. The van der Waals surface area contributed by atoms with Gasteiger partial charge in [0.1, 0.15) is 0 Å². The fourth-order valence-electron chi connectivity index (χ4n) is 2.62. The van der Waals surface area contributed by atoms with Gasteiger partial charge in [-0.25, -0.2) is 8.42 Å². The fraction of sp³-hybridized carbons (Fsp3) is 0.562. The summed E-state index contributed by atoms with van der Waals surface area (Å²) in [5, 5.41) is 2.97. The van der Waals surface area contributed by atoms with Gasteiger partial charge in [0.2, 0.25) is 5.91 Å². The molecule has 5 nitrogen and oxygen atoms in total. The molecule has 1 saturated heterocycles. The smallest absolute Gasteiger partial charge is 0.371 e. The van der Waals surface area contributed by atoms with E-state index in [9.17, 15) is 26.4 Å². The second kappa shape index (κ2) is 7.23. The standard InChI is InChI=1S/C16H21F3N2O3S/c1-11(2)15(22)20-12-7-9-21(10-8-12)13-3-5-14(6-4-13)25(23,24)16(17,18)19/h3-6,11-12H,7-10H2,1-2H3,(H,20,22). The zero-order chi connectivity index (χ0) is 18.8. The molecular weight excluding hydrogens is 357 g/mol. The number of rotatable bonds is 4. The van der Waals surface area contributed by atoms with Crippen LogP contribution in [0.1, 0.15) is 26.7 Å². The molecule has 1 heterocycles. The third-order valence-electron chi connectivity index (χ3n) is 4.18. The first-order chi connectivity index (χ1) is 11.5. The summed E-state index contributed by atoms with van der Waals surface area (Å²) in [4.78, 5) is 12.9. The lowest BCUT2D eigenvalue weighted by molar-refractivity contribution is -0.124. The average Bonchev–Trinajstić information content (AvgIpc) is 2.54. The molecule has 1 aliphatic rings. The van der Waals surface area contributed by atoms with Crippen LogP contribution in [0.4, 0.5) is 18.9 Å². The third-order valence-corrected chi connectivity index (χ3v) is 5.68. The van der Waals surface area contributed by atoms with Crippen LogP contribution >= 0.6 is 0 Å². The summed E-state index contributed by atoms with van der Waals surface area (Å²) in [5.74, 6) is -0.0821. The van der Waals surface area contributed by atoms with Crippen molar-refractivity contribution in [3.63, 3.8) is 0 Å². The zero-order valence-corrected chi connectivity index (χ0v) is 14.8. The first kappa shape index (κ1) is 19.6. The number of nitrogens with one attached hydrogen (secondary N) is 1. The van der Waals surface area contributed by atoms with Crippen molar-refractivity contribution in [2.24, 2.45) is 5.92 Å². The summed E-state index contributed by atoms with van der Waals surface area (Å²) >= 11 is 0. The molecular formula is C16H21F3N2O3S. The number of carbonyl (C=O) groups is 1. The number of hydrogen-bond donors (Lipinski definition) is 1. The minimum absolute atomic E-state index is 0.000148. The predicted molar refractivity (Wildman–Crippen MR) is 87.9 cm³/mol. The highest BCUT2D eigenvalue weighted by atomic mass is 32.2. The monoisotopic (exact) mass is 378 g/mol. The van der Waals surface area contributed by atoms with Crippen molar-refractivity contribution < 1.29 is 26.4 Å². The van der Waals surface area contributed by atoms with E-state index in [-0.39, 0.29) is 17.9 Å². The number of alkyl halides is 3. The molecule has 1 aromatic rings. The van der Waals surface area contributed by atoms with Crippen molar-refractivity contribution in [2.45, 2.75) is 43.1 Å². The molecule has 0 unspecified atom stereocenters. The second-order valence-electron chi connectivity index (χ2n) is 6.37. The van der Waals surface area contributed by atoms with Gasteiger partial charge in [0.05, 0.1) is 4.90 Å². The Morgan fingerprint density at radius 1 is 1.16 bits per heavy atom. The Kier molecular flexibility index (Phi) is 5.65. The van der Waals surface area contributed by atoms with Crippen LogP contribution < -0.4 is 10.2 Å². The van der Waals surface area contributed by atoms with Crippen LogP contribution in [0.5, 0.6) is 0 Å². The van der Waals surface area contributed by atoms with E-state index in [1.54, 1.807) is 0 Å². The minimum Gasteiger partial charge on any atom is -0.371 e. The predicted octanol–water partition coefficient (Wildman–Crippen LogP) is 2.72. The molecule has 0 bridgehead atoms. The quantitative estimate of drug-likeness (QED) is 0.875. The maximum atomic E-state index is 12.5. The third kappa shape index (κ3) is 4.45. The summed E-state index contributed by atoms with van der Waals surface area (Å²) in [7, 11) is -5.32. The van der Waals surface area contributed by atoms with Crippen LogP contribution in [0.2, 0.25) is 0 Å². The summed E-state index contributed by atoms with van der Waals surface area (Å²) in [6.07, 6.45) is 1.45. The van der Waals surface area contributed by atoms with Gasteiger partial charge in [-0.05, 0) is 37.1 Å². The van der Waals surface area contributed by atoms with Crippen molar-refractivity contribution in [2.75, 3.05) is 18.0 Å². The van der Waals surface area contributed by atoms with Crippen LogP contribution in [-0.4, -0.2) is 39.0 Å². The molecule has 0 radical (unpaired) electrons. The van der Waals surface area contributed by atoms with Gasteiger partial charge >= 0.3 is 5.51 Å². The Bertz CT molecular complexity index is 707. The second-order valence-corrected chi connectivity index (χ2v) is 8.31. The number of nitrogens with zero attached hydrogens (tertiary/aromatic N) is 1. The van der Waals surface area contributed by atoms with Crippen LogP contribution in [0.25, 0.3) is 0 Å². The molecule has 1 aromatic carbocycles. The first-order valence-electron chi connectivity index (χ1n) is 7.99. The Labute approximate surface area is 145 Å². The summed E-state index contributed by atoms with van der Waals surface area (Å²) in [6.45, 7) is 4.91. The molecule has 2 rings (SSSR count). The average molecular weight is 378 g/mol. The number of amides is 1. The molecule has 9 heteroatoms. The van der Waals surface area contributed by atoms with E-state index in [0.717, 1.165) is 25.0 Å². The minimum atomic E-state index is -5.32. The van der Waals surface area contributed by atoms with Crippen molar-refractivity contribution in [1.29, 1.82) is 0 Å². The normalized spacial score (nSPS) is 17.0. The highest BCUT2D eigenvalue weighted by molar-refractivity contribution is 7.92. The SMILES string of the molecule is CC(C)C(=O)NC1CCN(c2ccc(S(=O)(=O)C(F)(F)F)cc2)CC1. The number of sulfone groups is 1. The summed E-state index contributed by atoms with van der Waals surface area (Å²) < 4.78 is 60.4. The van der Waals surface area contributed by atoms with Crippen LogP contribution in [0.15, 0.2) is 29.2 Å². The number of piperidine rings is 1. The van der Waals surface area contributed by atoms with Crippen LogP contribution in [0, 0.1) is 5.92 Å². The highest BCUT2D eigenvalue weighted by Crippen LogP contribution is 2.31. The van der Waals surface area contributed by atoms with E-state index in [0.29, 0.717) is 18.8 Å². The fourth-order valence-corrected chi connectivity index (χ4v) is 3.38. The van der Waals surface area contributed by atoms with E-state index in [2.05, 4.69) is 5.32 Å². The van der Waals surface area contributed by atoms with Gasteiger partial charge < -0.3 is 10.2 Å². The molecule has 1 fully saturated rings. The van der Waals surface area contributed by atoms with Crippen molar-refractivity contribution in [3.8, 4) is 0 Å². The molecule has 0 aliphatic carbocycles. The Morgan fingerprint density at radius 2 is 1.68 bits per heavy atom. The molecule has 1 N–H and O–H groups in total. The van der Waals surface area contributed by atoms with Crippen LogP contribution in [-0.2, 0) is 14.6 Å². The maximum Gasteiger partial charge on any atom is 0.501 e. The largest absolute Gasteiger partial charge is 0.501 e. The van der Waals surface area contributed by atoms with Crippen molar-refractivity contribution in [1.82, 2.24) is 5.32 Å². The topological polar surface area (TPSA) is 66.5 Å². The number of anilines is 1. The zero-order valence-electron chi connectivity index (χ0n) is 14.0. The molecule has 140 valence electrons. The van der Waals surface area contributed by atoms with Crippen molar-refractivity contribution in [3.05, 3.63) is 24.3 Å². The van der Waals surface area contributed by atoms with Gasteiger partial charge in [-0.15, -0.1) is 0 Å². The molecule has 0 atom stereocenters. The maximum absolute atomic E-state index is 12.5. The van der Waals surface area contributed by atoms with E-state index >= 15 is 0 Å². The number of hydrogen-bond acceptors (Lipinski definition) is 4. The van der Waals surface area contributed by atoms with E-state index in [1.807, 2.05) is 18.7 Å². The summed E-state index contributed by atoms with van der Waals surface area (Å²) in [6, 6.07) is 4.79. The molecule has 25 heavy (non-hydrogen) atoms. The van der Waals surface area contributed by atoms with Gasteiger partial charge in [0, 0.05) is 30.7 Å². The lowest BCUT2D eigenvalue weighted by atomic mass is 10.0. The van der Waals surface area contributed by atoms with Gasteiger partial charge in [-0.3, -0.25) is 4.79 Å². The summed E-state index contributed by atoms with van der Waals surface area (Å²) in [5.41, 5.74) is -4.64. The molecule has 0 spiro atoms. The van der Waals surface area contributed by atoms with E-state index in [4.69, 9.17) is 0 Å². The van der Waals surface area contributed by atoms with Gasteiger partial charge in [0.25, 0.3) is 9.84 Å². The Balaban J connectivity index is 2.00. The van der Waals surface area contributed by atoms with Gasteiger partial charge in [-0.1, -0.05) is 13.8 Å². The van der Waals surface area contributed by atoms with Gasteiger partial charge in [0.15, 0.2) is 0 Å². The van der Waals surface area contributed by atoms with Crippen LogP contribution in [0.3, 0.4) is 0 Å². The van der Waals surface area contributed by atoms with E-state index < -0.39 is 20.2 Å².